The van der Waals surface area contributed by atoms with E-state index in [-0.39, 0.29) is 11.0 Å². The Kier molecular flexibility index (Phi) is 3.97. The van der Waals surface area contributed by atoms with Gasteiger partial charge in [0.1, 0.15) is 6.04 Å². The summed E-state index contributed by atoms with van der Waals surface area (Å²) in [6.07, 6.45) is -4.45. The molecule has 0 saturated carbocycles. The third-order valence-electron chi connectivity index (χ3n) is 1.95. The summed E-state index contributed by atoms with van der Waals surface area (Å²) >= 11 is 0.821. The molecular formula is C9H12F3N3OS. The molecule has 0 radical (unpaired) electrons. The van der Waals surface area contributed by atoms with Crippen LogP contribution in [0, 0.1) is 0 Å². The van der Waals surface area contributed by atoms with Gasteiger partial charge in [0, 0.05) is 19.5 Å². The number of hydrogen-bond donors (Lipinski definition) is 1. The standard InChI is InChI=1S/C9H12F3N3OS/c1-5(7(16)15(2)3)13-8-14-6(4-17-8)9(10,11)12/h4-5H,1-3H3,(H,13,14)/t5-/m0/s1. The summed E-state index contributed by atoms with van der Waals surface area (Å²) in [6, 6.07) is -0.614. The van der Waals surface area contributed by atoms with Crippen molar-refractivity contribution in [3.8, 4) is 0 Å². The van der Waals surface area contributed by atoms with Gasteiger partial charge in [-0.25, -0.2) is 4.98 Å². The van der Waals surface area contributed by atoms with Gasteiger partial charge >= 0.3 is 6.18 Å². The Bertz CT molecular complexity index is 402. The van der Waals surface area contributed by atoms with Crippen LogP contribution in [0.5, 0.6) is 0 Å². The summed E-state index contributed by atoms with van der Waals surface area (Å²) < 4.78 is 36.8. The van der Waals surface area contributed by atoms with Gasteiger partial charge in [0.05, 0.1) is 0 Å². The Morgan fingerprint density at radius 3 is 2.53 bits per heavy atom. The van der Waals surface area contributed by atoms with E-state index in [2.05, 4.69) is 10.3 Å². The Hall–Kier alpha value is -1.31. The monoisotopic (exact) mass is 267 g/mol. The Balaban J connectivity index is 2.70. The normalized spacial score (nSPS) is 13.3. The second kappa shape index (κ2) is 4.91. The summed E-state index contributed by atoms with van der Waals surface area (Å²) in [5, 5.41) is 3.63. The van der Waals surface area contributed by atoms with Crippen molar-refractivity contribution in [2.75, 3.05) is 19.4 Å². The summed E-state index contributed by atoms with van der Waals surface area (Å²) in [5.41, 5.74) is -0.950. The third-order valence-corrected chi connectivity index (χ3v) is 2.72. The van der Waals surface area contributed by atoms with Crippen LogP contribution in [-0.4, -0.2) is 35.9 Å². The van der Waals surface area contributed by atoms with E-state index >= 15 is 0 Å². The van der Waals surface area contributed by atoms with E-state index in [0.29, 0.717) is 0 Å². The highest BCUT2D eigenvalue weighted by Gasteiger charge is 2.34. The van der Waals surface area contributed by atoms with Gasteiger partial charge in [0.15, 0.2) is 10.8 Å². The zero-order chi connectivity index (χ0) is 13.2. The fourth-order valence-corrected chi connectivity index (χ4v) is 1.91. The minimum absolute atomic E-state index is 0.0834. The van der Waals surface area contributed by atoms with Gasteiger partial charge in [-0.05, 0) is 6.92 Å². The smallest absolute Gasteiger partial charge is 0.350 e. The largest absolute Gasteiger partial charge is 0.434 e. The third kappa shape index (κ3) is 3.58. The second-order valence-electron chi connectivity index (χ2n) is 3.63. The molecule has 17 heavy (non-hydrogen) atoms. The average molecular weight is 267 g/mol. The number of aromatic nitrogens is 1. The van der Waals surface area contributed by atoms with Crippen LogP contribution in [-0.2, 0) is 11.0 Å². The lowest BCUT2D eigenvalue weighted by atomic mass is 10.3. The second-order valence-corrected chi connectivity index (χ2v) is 4.49. The molecule has 0 aromatic carbocycles. The van der Waals surface area contributed by atoms with Crippen molar-refractivity contribution < 1.29 is 18.0 Å². The van der Waals surface area contributed by atoms with Gasteiger partial charge in [-0.2, -0.15) is 13.2 Å². The minimum atomic E-state index is -4.45. The van der Waals surface area contributed by atoms with Crippen molar-refractivity contribution in [3.05, 3.63) is 11.1 Å². The SMILES string of the molecule is C[C@H](Nc1nc(C(F)(F)F)cs1)C(=O)N(C)C. The maximum Gasteiger partial charge on any atom is 0.434 e. The molecule has 0 aliphatic rings. The topological polar surface area (TPSA) is 45.2 Å². The number of rotatable bonds is 3. The van der Waals surface area contributed by atoms with E-state index in [9.17, 15) is 18.0 Å². The molecule has 4 nitrogen and oxygen atoms in total. The molecule has 0 spiro atoms. The number of carbonyl (C=O) groups is 1. The van der Waals surface area contributed by atoms with Gasteiger partial charge in [-0.15, -0.1) is 11.3 Å². The first kappa shape index (κ1) is 13.8. The molecule has 0 fully saturated rings. The Morgan fingerprint density at radius 2 is 2.12 bits per heavy atom. The summed E-state index contributed by atoms with van der Waals surface area (Å²) in [4.78, 5) is 16.2. The van der Waals surface area contributed by atoms with Crippen LogP contribution < -0.4 is 5.32 Å². The molecule has 1 rings (SSSR count). The zero-order valence-corrected chi connectivity index (χ0v) is 10.3. The van der Waals surface area contributed by atoms with Crippen molar-refractivity contribution in [2.45, 2.75) is 19.1 Å². The van der Waals surface area contributed by atoms with Crippen LogP contribution >= 0.6 is 11.3 Å². The van der Waals surface area contributed by atoms with E-state index in [0.717, 1.165) is 16.7 Å². The molecule has 1 N–H and O–H groups in total. The van der Waals surface area contributed by atoms with Crippen molar-refractivity contribution in [1.82, 2.24) is 9.88 Å². The van der Waals surface area contributed by atoms with Gasteiger partial charge in [-0.3, -0.25) is 4.79 Å². The lowest BCUT2D eigenvalue weighted by Crippen LogP contribution is -2.36. The molecule has 1 amide bonds. The van der Waals surface area contributed by atoms with Gasteiger partial charge in [0.25, 0.3) is 0 Å². The number of carbonyl (C=O) groups excluding carboxylic acids is 1. The number of alkyl halides is 3. The number of halogens is 3. The molecule has 0 saturated heterocycles. The molecule has 0 bridgehead atoms. The van der Waals surface area contributed by atoms with Crippen LogP contribution in [0.4, 0.5) is 18.3 Å². The van der Waals surface area contributed by atoms with Crippen LogP contribution in [0.2, 0.25) is 0 Å². The van der Waals surface area contributed by atoms with Crippen molar-refractivity contribution in [3.63, 3.8) is 0 Å². The molecule has 8 heteroatoms. The number of anilines is 1. The summed E-state index contributed by atoms with van der Waals surface area (Å²) in [5.74, 6) is -0.228. The maximum atomic E-state index is 12.3. The number of likely N-dealkylation sites (N-methyl/N-ethyl adjacent to an activating group) is 1. The molecule has 1 atom stereocenters. The van der Waals surface area contributed by atoms with Crippen molar-refractivity contribution >= 4 is 22.4 Å². The molecular weight excluding hydrogens is 255 g/mol. The Labute approximate surface area is 100 Å². The molecule has 1 aromatic rings. The van der Waals surface area contributed by atoms with Crippen LogP contribution in [0.25, 0.3) is 0 Å². The first-order valence-electron chi connectivity index (χ1n) is 4.72. The number of amides is 1. The maximum absolute atomic E-state index is 12.3. The highest BCUT2D eigenvalue weighted by molar-refractivity contribution is 7.13. The van der Waals surface area contributed by atoms with Gasteiger partial charge < -0.3 is 10.2 Å². The Morgan fingerprint density at radius 1 is 1.53 bits per heavy atom. The molecule has 0 unspecified atom stereocenters. The van der Waals surface area contributed by atoms with Crippen molar-refractivity contribution in [1.29, 1.82) is 0 Å². The van der Waals surface area contributed by atoms with Crippen LogP contribution in [0.15, 0.2) is 5.38 Å². The van der Waals surface area contributed by atoms with Crippen LogP contribution in [0.1, 0.15) is 12.6 Å². The lowest BCUT2D eigenvalue weighted by Gasteiger charge is -2.17. The van der Waals surface area contributed by atoms with E-state index in [1.165, 1.54) is 4.90 Å². The highest BCUT2D eigenvalue weighted by atomic mass is 32.1. The fourth-order valence-electron chi connectivity index (χ4n) is 1.10. The van der Waals surface area contributed by atoms with Crippen LogP contribution in [0.3, 0.4) is 0 Å². The molecule has 96 valence electrons. The number of nitrogens with one attached hydrogen (secondary N) is 1. The molecule has 0 aliphatic carbocycles. The lowest BCUT2D eigenvalue weighted by molar-refractivity contribution is -0.140. The first-order valence-corrected chi connectivity index (χ1v) is 5.60. The molecule has 0 aliphatic heterocycles. The van der Waals surface area contributed by atoms with Gasteiger partial charge in [0.2, 0.25) is 5.91 Å². The fraction of sp³-hybridized carbons (Fsp3) is 0.556. The van der Waals surface area contributed by atoms with E-state index < -0.39 is 17.9 Å². The first-order chi connectivity index (χ1) is 7.71. The molecule has 1 aromatic heterocycles. The van der Waals surface area contributed by atoms with E-state index in [1.807, 2.05) is 0 Å². The average Bonchev–Trinajstić information content (AvgIpc) is 2.64. The quantitative estimate of drug-likeness (QED) is 0.911. The highest BCUT2D eigenvalue weighted by Crippen LogP contribution is 2.31. The predicted molar refractivity (Wildman–Crippen MR) is 58.9 cm³/mol. The predicted octanol–water partition coefficient (Wildman–Crippen LogP) is 2.05. The van der Waals surface area contributed by atoms with E-state index in [4.69, 9.17) is 0 Å². The van der Waals surface area contributed by atoms with Gasteiger partial charge in [-0.1, -0.05) is 0 Å². The van der Waals surface area contributed by atoms with E-state index in [1.54, 1.807) is 21.0 Å². The number of thiazole rings is 1. The minimum Gasteiger partial charge on any atom is -0.350 e. The van der Waals surface area contributed by atoms with Crippen molar-refractivity contribution in [2.24, 2.45) is 0 Å². The summed E-state index contributed by atoms with van der Waals surface area (Å²) in [6.45, 7) is 1.57. The number of nitrogens with zero attached hydrogens (tertiary/aromatic N) is 2. The molecule has 1 heterocycles. The zero-order valence-electron chi connectivity index (χ0n) is 9.50. The summed E-state index contributed by atoms with van der Waals surface area (Å²) in [7, 11) is 3.15. The number of hydrogen-bond acceptors (Lipinski definition) is 4.